The summed E-state index contributed by atoms with van der Waals surface area (Å²) >= 11 is 6.09. The maximum Gasteiger partial charge on any atom is 0.254 e. The lowest BCUT2D eigenvalue weighted by molar-refractivity contribution is 0.0787. The molecule has 1 heterocycles. The van der Waals surface area contributed by atoms with Crippen molar-refractivity contribution in [3.05, 3.63) is 64.8 Å². The third kappa shape index (κ3) is 3.58. The first kappa shape index (κ1) is 18.0. The molecule has 134 valence electrons. The summed E-state index contributed by atoms with van der Waals surface area (Å²) in [6.07, 6.45) is 0. The molecule has 0 aliphatic rings. The Bertz CT molecular complexity index is 959. The fourth-order valence-corrected chi connectivity index (χ4v) is 3.05. The predicted octanol–water partition coefficient (Wildman–Crippen LogP) is 4.18. The van der Waals surface area contributed by atoms with E-state index in [4.69, 9.17) is 21.1 Å². The summed E-state index contributed by atoms with van der Waals surface area (Å²) in [6, 6.07) is 14.7. The molecule has 0 bridgehead atoms. The van der Waals surface area contributed by atoms with E-state index in [9.17, 15) is 4.79 Å². The molecule has 1 amide bonds. The first-order valence-electron chi connectivity index (χ1n) is 8.05. The van der Waals surface area contributed by atoms with Gasteiger partial charge >= 0.3 is 0 Å². The van der Waals surface area contributed by atoms with Gasteiger partial charge in [-0.1, -0.05) is 35.9 Å². The van der Waals surface area contributed by atoms with Gasteiger partial charge in [-0.25, -0.2) is 4.98 Å². The van der Waals surface area contributed by atoms with Crippen LogP contribution in [-0.4, -0.2) is 37.1 Å². The highest BCUT2D eigenvalue weighted by molar-refractivity contribution is 6.30. The Morgan fingerprint density at radius 2 is 1.81 bits per heavy atom. The number of pyridine rings is 1. The van der Waals surface area contributed by atoms with Crippen molar-refractivity contribution in [1.29, 1.82) is 0 Å². The minimum Gasteiger partial charge on any atom is -0.493 e. The van der Waals surface area contributed by atoms with Gasteiger partial charge in [0.05, 0.1) is 25.3 Å². The Hall–Kier alpha value is -2.79. The van der Waals surface area contributed by atoms with Crippen LogP contribution in [0.1, 0.15) is 15.9 Å². The first-order chi connectivity index (χ1) is 12.5. The van der Waals surface area contributed by atoms with Crippen molar-refractivity contribution in [3.8, 4) is 11.5 Å². The number of aromatic nitrogens is 1. The van der Waals surface area contributed by atoms with Gasteiger partial charge in [0.1, 0.15) is 5.15 Å². The molecule has 0 radical (unpaired) electrons. The summed E-state index contributed by atoms with van der Waals surface area (Å²) in [6.45, 7) is 0.424. The third-order valence-corrected chi connectivity index (χ3v) is 4.32. The molecule has 26 heavy (non-hydrogen) atoms. The molecule has 1 aromatic heterocycles. The zero-order valence-corrected chi connectivity index (χ0v) is 15.6. The number of nitrogens with zero attached hydrogens (tertiary/aromatic N) is 2. The molecule has 0 atom stereocenters. The largest absolute Gasteiger partial charge is 0.493 e. The van der Waals surface area contributed by atoms with E-state index >= 15 is 0 Å². The SMILES string of the molecule is COc1ccc(CN(C)C(=O)c2cc(Cl)nc3ccccc23)cc1OC. The Morgan fingerprint density at radius 3 is 2.54 bits per heavy atom. The molecule has 0 aliphatic carbocycles. The van der Waals surface area contributed by atoms with E-state index in [0.29, 0.717) is 34.3 Å². The average Bonchev–Trinajstić information content (AvgIpc) is 2.66. The minimum absolute atomic E-state index is 0.125. The number of halogens is 1. The lowest BCUT2D eigenvalue weighted by Gasteiger charge is -2.19. The van der Waals surface area contributed by atoms with Gasteiger partial charge in [-0.3, -0.25) is 4.79 Å². The number of hydrogen-bond acceptors (Lipinski definition) is 4. The molecule has 0 saturated carbocycles. The normalized spacial score (nSPS) is 10.6. The highest BCUT2D eigenvalue weighted by atomic mass is 35.5. The van der Waals surface area contributed by atoms with Crippen molar-refractivity contribution in [2.45, 2.75) is 6.54 Å². The van der Waals surface area contributed by atoms with Crippen LogP contribution in [0.5, 0.6) is 11.5 Å². The quantitative estimate of drug-likeness (QED) is 0.632. The van der Waals surface area contributed by atoms with Crippen LogP contribution < -0.4 is 9.47 Å². The molecule has 3 rings (SSSR count). The second-order valence-corrected chi connectivity index (χ2v) is 6.25. The van der Waals surface area contributed by atoms with Crippen LogP contribution >= 0.6 is 11.6 Å². The predicted molar refractivity (Wildman–Crippen MR) is 102 cm³/mol. The Morgan fingerprint density at radius 1 is 1.08 bits per heavy atom. The van der Waals surface area contributed by atoms with Crippen molar-refractivity contribution < 1.29 is 14.3 Å². The average molecular weight is 371 g/mol. The maximum atomic E-state index is 13.0. The molecule has 0 saturated heterocycles. The van der Waals surface area contributed by atoms with Gasteiger partial charge in [0.25, 0.3) is 5.91 Å². The van der Waals surface area contributed by atoms with E-state index in [1.807, 2.05) is 42.5 Å². The number of benzene rings is 2. The standard InChI is InChI=1S/C20H19ClN2O3/c1-23(12-13-8-9-17(25-2)18(10-13)26-3)20(24)15-11-19(21)22-16-7-5-4-6-14(15)16/h4-11H,12H2,1-3H3. The van der Waals surface area contributed by atoms with Gasteiger partial charge in [-0.05, 0) is 29.8 Å². The smallest absolute Gasteiger partial charge is 0.254 e. The van der Waals surface area contributed by atoms with Crippen molar-refractivity contribution in [3.63, 3.8) is 0 Å². The zero-order chi connectivity index (χ0) is 18.7. The van der Waals surface area contributed by atoms with Gasteiger partial charge in [-0.15, -0.1) is 0 Å². The van der Waals surface area contributed by atoms with Gasteiger partial charge in [-0.2, -0.15) is 0 Å². The van der Waals surface area contributed by atoms with Crippen LogP contribution in [0.3, 0.4) is 0 Å². The summed E-state index contributed by atoms with van der Waals surface area (Å²) in [5.41, 5.74) is 2.16. The van der Waals surface area contributed by atoms with E-state index in [-0.39, 0.29) is 5.91 Å². The lowest BCUT2D eigenvalue weighted by Crippen LogP contribution is -2.26. The number of para-hydroxylation sites is 1. The van der Waals surface area contributed by atoms with Crippen LogP contribution in [0.2, 0.25) is 5.15 Å². The molecular formula is C20H19ClN2O3. The fraction of sp³-hybridized carbons (Fsp3) is 0.200. The summed E-state index contributed by atoms with van der Waals surface area (Å²) in [5.74, 6) is 1.15. The molecule has 5 nitrogen and oxygen atoms in total. The van der Waals surface area contributed by atoms with E-state index in [2.05, 4.69) is 4.98 Å². The summed E-state index contributed by atoms with van der Waals surface area (Å²) in [7, 11) is 4.93. The van der Waals surface area contributed by atoms with Gasteiger partial charge < -0.3 is 14.4 Å². The maximum absolute atomic E-state index is 13.0. The molecular weight excluding hydrogens is 352 g/mol. The Balaban J connectivity index is 1.89. The summed E-state index contributed by atoms with van der Waals surface area (Å²) < 4.78 is 10.6. The Labute approximate surface area is 157 Å². The van der Waals surface area contributed by atoms with Crippen molar-refractivity contribution in [2.24, 2.45) is 0 Å². The van der Waals surface area contributed by atoms with Crippen LogP contribution in [0.15, 0.2) is 48.5 Å². The Kier molecular flexibility index (Phi) is 5.28. The number of carbonyl (C=O) groups excluding carboxylic acids is 1. The highest BCUT2D eigenvalue weighted by Gasteiger charge is 2.17. The summed E-state index contributed by atoms with van der Waals surface area (Å²) in [4.78, 5) is 18.9. The number of ether oxygens (including phenoxy) is 2. The van der Waals surface area contributed by atoms with Gasteiger partial charge in [0.15, 0.2) is 11.5 Å². The number of carbonyl (C=O) groups is 1. The molecule has 2 aromatic carbocycles. The zero-order valence-electron chi connectivity index (χ0n) is 14.8. The molecule has 0 unspecified atom stereocenters. The van der Waals surface area contributed by atoms with E-state index in [1.165, 1.54) is 0 Å². The number of hydrogen-bond donors (Lipinski definition) is 0. The van der Waals surface area contributed by atoms with Gasteiger partial charge in [0, 0.05) is 19.0 Å². The number of methoxy groups -OCH3 is 2. The van der Waals surface area contributed by atoms with E-state index < -0.39 is 0 Å². The molecule has 0 N–H and O–H groups in total. The highest BCUT2D eigenvalue weighted by Crippen LogP contribution is 2.28. The van der Waals surface area contributed by atoms with Crippen molar-refractivity contribution in [2.75, 3.05) is 21.3 Å². The van der Waals surface area contributed by atoms with Crippen LogP contribution in [0, 0.1) is 0 Å². The molecule has 0 spiro atoms. The molecule has 0 fully saturated rings. The molecule has 3 aromatic rings. The number of rotatable bonds is 5. The second-order valence-electron chi connectivity index (χ2n) is 5.86. The van der Waals surface area contributed by atoms with E-state index in [1.54, 1.807) is 32.2 Å². The molecule has 0 aliphatic heterocycles. The van der Waals surface area contributed by atoms with Crippen LogP contribution in [0.4, 0.5) is 0 Å². The first-order valence-corrected chi connectivity index (χ1v) is 8.43. The monoisotopic (exact) mass is 370 g/mol. The fourth-order valence-electron chi connectivity index (χ4n) is 2.85. The van der Waals surface area contributed by atoms with E-state index in [0.717, 1.165) is 10.9 Å². The number of fused-ring (bicyclic) bond motifs is 1. The second kappa shape index (κ2) is 7.62. The molecule has 6 heteroatoms. The summed E-state index contributed by atoms with van der Waals surface area (Å²) in [5, 5.41) is 1.08. The van der Waals surface area contributed by atoms with Crippen molar-refractivity contribution >= 4 is 28.4 Å². The van der Waals surface area contributed by atoms with Crippen molar-refractivity contribution in [1.82, 2.24) is 9.88 Å². The van der Waals surface area contributed by atoms with Gasteiger partial charge in [0.2, 0.25) is 0 Å². The lowest BCUT2D eigenvalue weighted by atomic mass is 10.1. The van der Waals surface area contributed by atoms with Crippen LogP contribution in [-0.2, 0) is 6.54 Å². The van der Waals surface area contributed by atoms with Crippen LogP contribution in [0.25, 0.3) is 10.9 Å². The number of amides is 1. The topological polar surface area (TPSA) is 51.7 Å². The minimum atomic E-state index is -0.125. The third-order valence-electron chi connectivity index (χ3n) is 4.13.